The lowest BCUT2D eigenvalue weighted by molar-refractivity contribution is 0.170. The molecule has 1 unspecified atom stereocenters. The lowest BCUT2D eigenvalue weighted by atomic mass is 10.1. The van der Waals surface area contributed by atoms with E-state index in [9.17, 15) is 4.79 Å². The molecule has 2 aromatic rings. The highest BCUT2D eigenvalue weighted by Gasteiger charge is 2.24. The Hall–Kier alpha value is -2.04. The highest BCUT2D eigenvalue weighted by molar-refractivity contribution is 5.75. The minimum Gasteiger partial charge on any atom is -0.341 e. The van der Waals surface area contributed by atoms with Crippen LogP contribution in [0.1, 0.15) is 18.9 Å². The number of carbonyl (C=O) groups is 1. The smallest absolute Gasteiger partial charge is 0.317 e. The number of aromatic nitrogens is 2. The zero-order chi connectivity index (χ0) is 13.2. The molecule has 1 aliphatic heterocycles. The number of nitrogens with one attached hydrogen (secondary N) is 1. The number of piperidine rings is 1. The number of benzene rings is 1. The maximum absolute atomic E-state index is 11.7. The largest absolute Gasteiger partial charge is 0.341 e. The number of carbonyl (C=O) groups excluding carboxylic acids is 1. The van der Waals surface area contributed by atoms with Crippen LogP contribution in [0.25, 0.3) is 11.0 Å². The summed E-state index contributed by atoms with van der Waals surface area (Å²) < 4.78 is 2.20. The Labute approximate surface area is 112 Å². The van der Waals surface area contributed by atoms with Gasteiger partial charge in [-0.25, -0.2) is 9.78 Å². The molecule has 0 radical (unpaired) electrons. The second kappa shape index (κ2) is 4.91. The van der Waals surface area contributed by atoms with E-state index in [2.05, 4.69) is 20.9 Å². The fourth-order valence-corrected chi connectivity index (χ4v) is 2.79. The number of fused-ring (bicyclic) bond motifs is 1. The zero-order valence-corrected chi connectivity index (χ0v) is 11.0. The fourth-order valence-electron chi connectivity index (χ4n) is 2.79. The number of urea groups is 1. The van der Waals surface area contributed by atoms with Gasteiger partial charge in [0.15, 0.2) is 0 Å². The molecular weight excluding hydrogens is 240 g/mol. The van der Waals surface area contributed by atoms with Crippen molar-refractivity contribution in [2.75, 3.05) is 20.1 Å². The Morgan fingerprint density at radius 2 is 2.26 bits per heavy atom. The summed E-state index contributed by atoms with van der Waals surface area (Å²) in [5, 5.41) is 2.70. The van der Waals surface area contributed by atoms with E-state index in [0.29, 0.717) is 6.04 Å². The Kier molecular flexibility index (Phi) is 3.11. The molecule has 2 amide bonds. The van der Waals surface area contributed by atoms with Crippen molar-refractivity contribution in [1.29, 1.82) is 0 Å². The van der Waals surface area contributed by atoms with Crippen molar-refractivity contribution in [3.05, 3.63) is 30.6 Å². The second-order valence-electron chi connectivity index (χ2n) is 4.94. The number of likely N-dealkylation sites (tertiary alicyclic amines) is 1. The van der Waals surface area contributed by atoms with E-state index in [1.165, 1.54) is 0 Å². The van der Waals surface area contributed by atoms with E-state index >= 15 is 0 Å². The number of hydrogen-bond donors (Lipinski definition) is 1. The Balaban J connectivity index is 1.87. The zero-order valence-electron chi connectivity index (χ0n) is 11.0. The van der Waals surface area contributed by atoms with Gasteiger partial charge in [0.2, 0.25) is 0 Å². The molecule has 100 valence electrons. The number of rotatable bonds is 1. The molecule has 5 heteroatoms. The van der Waals surface area contributed by atoms with Crippen LogP contribution in [0.5, 0.6) is 0 Å². The Morgan fingerprint density at radius 3 is 3.11 bits per heavy atom. The summed E-state index contributed by atoms with van der Waals surface area (Å²) in [5.74, 6) is 0. The average molecular weight is 258 g/mol. The van der Waals surface area contributed by atoms with Crippen LogP contribution in [0.2, 0.25) is 0 Å². The summed E-state index contributed by atoms with van der Waals surface area (Å²) >= 11 is 0. The van der Waals surface area contributed by atoms with Gasteiger partial charge in [0.1, 0.15) is 0 Å². The van der Waals surface area contributed by atoms with Gasteiger partial charge < -0.3 is 14.8 Å². The molecule has 0 spiro atoms. The molecule has 1 aromatic carbocycles. The van der Waals surface area contributed by atoms with Crippen molar-refractivity contribution < 1.29 is 4.79 Å². The van der Waals surface area contributed by atoms with Gasteiger partial charge in [-0.15, -0.1) is 0 Å². The molecule has 1 fully saturated rings. The minimum atomic E-state index is 0.00845. The third kappa shape index (κ3) is 2.16. The van der Waals surface area contributed by atoms with Crippen molar-refractivity contribution >= 4 is 17.1 Å². The predicted molar refractivity (Wildman–Crippen MR) is 74.0 cm³/mol. The third-order valence-corrected chi connectivity index (χ3v) is 3.77. The molecule has 1 N–H and O–H groups in total. The van der Waals surface area contributed by atoms with Crippen LogP contribution in [0, 0.1) is 0 Å². The lowest BCUT2D eigenvalue weighted by Gasteiger charge is -2.33. The van der Waals surface area contributed by atoms with Crippen molar-refractivity contribution in [3.63, 3.8) is 0 Å². The Bertz CT molecular complexity index is 592. The lowest BCUT2D eigenvalue weighted by Crippen LogP contribution is -2.44. The molecule has 2 heterocycles. The molecule has 1 atom stereocenters. The summed E-state index contributed by atoms with van der Waals surface area (Å²) in [7, 11) is 1.68. The molecule has 19 heavy (non-hydrogen) atoms. The van der Waals surface area contributed by atoms with Gasteiger partial charge in [-0.05, 0) is 25.0 Å². The van der Waals surface area contributed by atoms with Crippen LogP contribution in [0.3, 0.4) is 0 Å². The molecule has 1 aromatic heterocycles. The predicted octanol–water partition coefficient (Wildman–Crippen LogP) is 2.01. The van der Waals surface area contributed by atoms with Gasteiger partial charge in [-0.2, -0.15) is 0 Å². The van der Waals surface area contributed by atoms with E-state index < -0.39 is 0 Å². The van der Waals surface area contributed by atoms with Gasteiger partial charge >= 0.3 is 6.03 Å². The normalized spacial score (nSPS) is 19.6. The van der Waals surface area contributed by atoms with Gasteiger partial charge in [-0.3, -0.25) is 0 Å². The van der Waals surface area contributed by atoms with E-state index in [1.807, 2.05) is 29.4 Å². The van der Waals surface area contributed by atoms with Crippen molar-refractivity contribution in [1.82, 2.24) is 19.8 Å². The SMILES string of the molecule is CNC(=O)N1CCCC(n2cnc3ccccc32)C1. The summed E-state index contributed by atoms with van der Waals surface area (Å²) in [5.41, 5.74) is 2.16. The molecule has 0 saturated carbocycles. The van der Waals surface area contributed by atoms with Gasteiger partial charge in [0.25, 0.3) is 0 Å². The van der Waals surface area contributed by atoms with E-state index in [4.69, 9.17) is 0 Å². The first-order valence-electron chi connectivity index (χ1n) is 6.68. The highest BCUT2D eigenvalue weighted by atomic mass is 16.2. The van der Waals surface area contributed by atoms with Crippen LogP contribution in [0.4, 0.5) is 4.79 Å². The second-order valence-corrected chi connectivity index (χ2v) is 4.94. The van der Waals surface area contributed by atoms with Crippen LogP contribution < -0.4 is 5.32 Å². The summed E-state index contributed by atoms with van der Waals surface area (Å²) in [6.07, 6.45) is 4.02. The van der Waals surface area contributed by atoms with Crippen molar-refractivity contribution in [2.24, 2.45) is 0 Å². The van der Waals surface area contributed by atoms with Crippen LogP contribution in [-0.4, -0.2) is 40.6 Å². The van der Waals surface area contributed by atoms with E-state index in [0.717, 1.165) is 37.0 Å². The quantitative estimate of drug-likeness (QED) is 0.850. The van der Waals surface area contributed by atoms with Crippen molar-refractivity contribution in [2.45, 2.75) is 18.9 Å². The first-order chi connectivity index (χ1) is 9.29. The number of hydrogen-bond acceptors (Lipinski definition) is 2. The summed E-state index contributed by atoms with van der Waals surface area (Å²) in [4.78, 5) is 18.0. The average Bonchev–Trinajstić information content (AvgIpc) is 2.90. The van der Waals surface area contributed by atoms with Gasteiger partial charge in [0, 0.05) is 20.1 Å². The molecular formula is C14H18N4O. The number of para-hydroxylation sites is 2. The summed E-state index contributed by atoms with van der Waals surface area (Å²) in [6, 6.07) is 8.46. The third-order valence-electron chi connectivity index (χ3n) is 3.77. The molecule has 5 nitrogen and oxygen atoms in total. The first kappa shape index (κ1) is 12.0. The summed E-state index contributed by atoms with van der Waals surface area (Å²) in [6.45, 7) is 1.59. The van der Waals surface area contributed by atoms with E-state index in [-0.39, 0.29) is 6.03 Å². The maximum atomic E-state index is 11.7. The highest BCUT2D eigenvalue weighted by Crippen LogP contribution is 2.25. The maximum Gasteiger partial charge on any atom is 0.317 e. The number of amides is 2. The minimum absolute atomic E-state index is 0.00845. The van der Waals surface area contributed by atoms with Crippen LogP contribution in [-0.2, 0) is 0 Å². The van der Waals surface area contributed by atoms with Crippen LogP contribution in [0.15, 0.2) is 30.6 Å². The fraction of sp³-hybridized carbons (Fsp3) is 0.429. The van der Waals surface area contributed by atoms with Gasteiger partial charge in [-0.1, -0.05) is 12.1 Å². The first-order valence-corrected chi connectivity index (χ1v) is 6.68. The molecule has 0 aliphatic carbocycles. The van der Waals surface area contributed by atoms with Crippen molar-refractivity contribution in [3.8, 4) is 0 Å². The van der Waals surface area contributed by atoms with Crippen LogP contribution >= 0.6 is 0 Å². The number of imidazole rings is 1. The van der Waals surface area contributed by atoms with Gasteiger partial charge in [0.05, 0.1) is 23.4 Å². The molecule has 0 bridgehead atoms. The number of nitrogens with zero attached hydrogens (tertiary/aromatic N) is 3. The topological polar surface area (TPSA) is 50.2 Å². The Morgan fingerprint density at radius 1 is 1.42 bits per heavy atom. The van der Waals surface area contributed by atoms with E-state index in [1.54, 1.807) is 7.05 Å². The molecule has 1 saturated heterocycles. The standard InChI is InChI=1S/C14H18N4O/c1-15-14(19)17-8-4-5-11(9-17)18-10-16-12-6-2-3-7-13(12)18/h2-3,6-7,10-11H,4-5,8-9H2,1H3,(H,15,19). The molecule has 3 rings (SSSR count). The monoisotopic (exact) mass is 258 g/mol. The molecule has 1 aliphatic rings.